The van der Waals surface area contributed by atoms with Crippen molar-refractivity contribution in [3.05, 3.63) is 76.0 Å². The van der Waals surface area contributed by atoms with Crippen molar-refractivity contribution in [2.24, 2.45) is 5.10 Å². The molecular formula is C22H21N3O4S. The fraction of sp³-hybridized carbons (Fsp3) is 0.136. The molecule has 0 fully saturated rings. The van der Waals surface area contributed by atoms with E-state index in [0.29, 0.717) is 21.9 Å². The first-order valence-electron chi connectivity index (χ1n) is 9.11. The minimum absolute atomic E-state index is 0.0985. The Labute approximate surface area is 178 Å². The monoisotopic (exact) mass is 423 g/mol. The minimum atomic E-state index is -0.446. The van der Waals surface area contributed by atoms with Gasteiger partial charge in [-0.25, -0.2) is 10.2 Å². The van der Waals surface area contributed by atoms with Gasteiger partial charge in [-0.2, -0.15) is 5.10 Å². The van der Waals surface area contributed by atoms with Crippen molar-refractivity contribution in [3.63, 3.8) is 0 Å². The molecule has 0 aliphatic heterocycles. The number of methoxy groups -OCH3 is 1. The molecular weight excluding hydrogens is 402 g/mol. The molecule has 0 radical (unpaired) electrons. The van der Waals surface area contributed by atoms with Crippen molar-refractivity contribution in [1.29, 1.82) is 0 Å². The normalized spacial score (nSPS) is 10.6. The van der Waals surface area contributed by atoms with E-state index in [2.05, 4.69) is 15.8 Å². The van der Waals surface area contributed by atoms with Crippen LogP contribution in [0.4, 0.5) is 5.69 Å². The van der Waals surface area contributed by atoms with Crippen LogP contribution in [0.5, 0.6) is 11.5 Å². The lowest BCUT2D eigenvalue weighted by molar-refractivity contribution is -0.119. The summed E-state index contributed by atoms with van der Waals surface area (Å²) < 4.78 is 10.7. The van der Waals surface area contributed by atoms with E-state index in [1.54, 1.807) is 35.7 Å². The first kappa shape index (κ1) is 21.1. The van der Waals surface area contributed by atoms with E-state index in [0.717, 1.165) is 11.3 Å². The second-order valence-corrected chi connectivity index (χ2v) is 7.24. The molecule has 1 heterocycles. The van der Waals surface area contributed by atoms with Crippen LogP contribution in [0.1, 0.15) is 20.8 Å². The van der Waals surface area contributed by atoms with Crippen LogP contribution in [0, 0.1) is 6.92 Å². The van der Waals surface area contributed by atoms with Crippen molar-refractivity contribution in [2.75, 3.05) is 19.0 Å². The summed E-state index contributed by atoms with van der Waals surface area (Å²) in [7, 11) is 1.48. The predicted molar refractivity (Wildman–Crippen MR) is 118 cm³/mol. The second kappa shape index (κ2) is 10.2. The number of rotatable bonds is 8. The van der Waals surface area contributed by atoms with E-state index >= 15 is 0 Å². The molecule has 2 aromatic carbocycles. The van der Waals surface area contributed by atoms with Gasteiger partial charge in [0.25, 0.3) is 5.91 Å². The summed E-state index contributed by atoms with van der Waals surface area (Å²) in [6.07, 6.45) is 1.48. The lowest BCUT2D eigenvalue weighted by Gasteiger charge is -2.09. The van der Waals surface area contributed by atoms with Crippen molar-refractivity contribution in [2.45, 2.75) is 6.92 Å². The molecule has 0 bridgehead atoms. The molecule has 0 saturated carbocycles. The lowest BCUT2D eigenvalue weighted by Crippen LogP contribution is -2.25. The SMILES string of the molecule is COc1cc(/C=N/NC(=O)CNc2ccc(C)cc2)ccc1OC(=O)c1cccs1. The Morgan fingerprint density at radius 3 is 2.60 bits per heavy atom. The van der Waals surface area contributed by atoms with E-state index < -0.39 is 5.97 Å². The van der Waals surface area contributed by atoms with E-state index in [1.165, 1.54) is 24.7 Å². The summed E-state index contributed by atoms with van der Waals surface area (Å²) >= 11 is 1.30. The van der Waals surface area contributed by atoms with Crippen molar-refractivity contribution >= 4 is 35.1 Å². The number of hydrogen-bond donors (Lipinski definition) is 2. The number of anilines is 1. The molecule has 7 nitrogen and oxygen atoms in total. The summed E-state index contributed by atoms with van der Waals surface area (Å²) in [4.78, 5) is 24.5. The van der Waals surface area contributed by atoms with E-state index in [4.69, 9.17) is 9.47 Å². The number of amides is 1. The topological polar surface area (TPSA) is 89.0 Å². The van der Waals surface area contributed by atoms with Crippen LogP contribution in [0.15, 0.2) is 65.1 Å². The fourth-order valence-corrected chi connectivity index (χ4v) is 3.06. The molecule has 8 heteroatoms. The second-order valence-electron chi connectivity index (χ2n) is 6.29. The molecule has 0 aliphatic rings. The average Bonchev–Trinajstić information content (AvgIpc) is 3.29. The zero-order valence-corrected chi connectivity index (χ0v) is 17.4. The molecule has 3 rings (SSSR count). The molecule has 0 aliphatic carbocycles. The summed E-state index contributed by atoms with van der Waals surface area (Å²) in [6.45, 7) is 2.10. The molecule has 3 aromatic rings. The minimum Gasteiger partial charge on any atom is -0.493 e. The van der Waals surface area contributed by atoms with Crippen LogP contribution in [0.2, 0.25) is 0 Å². The maximum absolute atomic E-state index is 12.1. The molecule has 1 amide bonds. The van der Waals surface area contributed by atoms with Gasteiger partial charge in [0.05, 0.1) is 19.9 Å². The highest BCUT2D eigenvalue weighted by atomic mass is 32.1. The Hall–Kier alpha value is -3.65. The maximum Gasteiger partial charge on any atom is 0.353 e. The third kappa shape index (κ3) is 5.92. The third-order valence-electron chi connectivity index (χ3n) is 4.02. The highest BCUT2D eigenvalue weighted by Crippen LogP contribution is 2.28. The number of hydrogen-bond acceptors (Lipinski definition) is 7. The Morgan fingerprint density at radius 1 is 1.10 bits per heavy atom. The van der Waals surface area contributed by atoms with E-state index in [-0.39, 0.29) is 12.5 Å². The van der Waals surface area contributed by atoms with Gasteiger partial charge in [0, 0.05) is 5.69 Å². The molecule has 30 heavy (non-hydrogen) atoms. The Balaban J connectivity index is 1.54. The largest absolute Gasteiger partial charge is 0.493 e. The van der Waals surface area contributed by atoms with Gasteiger partial charge in [-0.1, -0.05) is 23.8 Å². The van der Waals surface area contributed by atoms with Crippen LogP contribution in [0.3, 0.4) is 0 Å². The number of carbonyl (C=O) groups is 2. The number of nitrogens with zero attached hydrogens (tertiary/aromatic N) is 1. The first-order valence-corrected chi connectivity index (χ1v) is 9.99. The van der Waals surface area contributed by atoms with E-state index in [1.807, 2.05) is 31.2 Å². The van der Waals surface area contributed by atoms with Gasteiger partial charge in [0.2, 0.25) is 0 Å². The molecule has 0 atom stereocenters. The number of nitrogens with one attached hydrogen (secondary N) is 2. The Bertz CT molecular complexity index is 1030. The van der Waals surface area contributed by atoms with Crippen LogP contribution in [0.25, 0.3) is 0 Å². The molecule has 0 unspecified atom stereocenters. The number of carbonyl (C=O) groups excluding carboxylic acids is 2. The van der Waals surface area contributed by atoms with Crippen LogP contribution in [-0.2, 0) is 4.79 Å². The number of esters is 1. The zero-order chi connectivity index (χ0) is 21.3. The summed E-state index contributed by atoms with van der Waals surface area (Å²) in [5.74, 6) is -0.0334. The predicted octanol–water partition coefficient (Wildman–Crippen LogP) is 3.85. The number of aryl methyl sites for hydroxylation is 1. The maximum atomic E-state index is 12.1. The van der Waals surface area contributed by atoms with Gasteiger partial charge >= 0.3 is 5.97 Å². The standard InChI is InChI=1S/C22H21N3O4S/c1-15-5-8-17(9-6-15)23-14-21(26)25-24-13-16-7-10-18(19(12-16)28-2)29-22(27)20-4-3-11-30-20/h3-13,23H,14H2,1-2H3,(H,25,26)/b24-13+. The van der Waals surface area contributed by atoms with Crippen LogP contribution >= 0.6 is 11.3 Å². The molecule has 1 aromatic heterocycles. The van der Waals surface area contributed by atoms with Crippen LogP contribution in [-0.4, -0.2) is 31.7 Å². The molecule has 0 saturated heterocycles. The highest BCUT2D eigenvalue weighted by molar-refractivity contribution is 7.12. The van der Waals surface area contributed by atoms with E-state index in [9.17, 15) is 9.59 Å². The number of benzene rings is 2. The van der Waals surface area contributed by atoms with Crippen LogP contribution < -0.4 is 20.2 Å². The van der Waals surface area contributed by atoms with Gasteiger partial charge in [0.15, 0.2) is 11.5 Å². The quantitative estimate of drug-likeness (QED) is 0.249. The van der Waals surface area contributed by atoms with Crippen molar-refractivity contribution < 1.29 is 19.1 Å². The third-order valence-corrected chi connectivity index (χ3v) is 4.87. The van der Waals surface area contributed by atoms with Gasteiger partial charge in [0.1, 0.15) is 4.88 Å². The molecule has 154 valence electrons. The van der Waals surface area contributed by atoms with Crippen molar-refractivity contribution in [1.82, 2.24) is 5.43 Å². The Morgan fingerprint density at radius 2 is 1.90 bits per heavy atom. The average molecular weight is 423 g/mol. The Kier molecular flexibility index (Phi) is 7.18. The number of ether oxygens (including phenoxy) is 2. The van der Waals surface area contributed by atoms with Gasteiger partial charge in [-0.15, -0.1) is 11.3 Å². The first-order chi connectivity index (χ1) is 14.5. The lowest BCUT2D eigenvalue weighted by atomic mass is 10.2. The summed E-state index contributed by atoms with van der Waals surface area (Å²) in [6, 6.07) is 16.2. The fourth-order valence-electron chi connectivity index (χ4n) is 2.47. The number of hydrazone groups is 1. The summed E-state index contributed by atoms with van der Waals surface area (Å²) in [5, 5.41) is 8.77. The van der Waals surface area contributed by atoms with Gasteiger partial charge in [-0.05, 0) is 54.3 Å². The molecule has 2 N–H and O–H groups in total. The van der Waals surface area contributed by atoms with Crippen molar-refractivity contribution in [3.8, 4) is 11.5 Å². The summed E-state index contributed by atoms with van der Waals surface area (Å²) in [5.41, 5.74) is 5.14. The highest BCUT2D eigenvalue weighted by Gasteiger charge is 2.13. The van der Waals surface area contributed by atoms with Gasteiger partial charge < -0.3 is 14.8 Å². The van der Waals surface area contributed by atoms with Gasteiger partial charge in [-0.3, -0.25) is 4.79 Å². The zero-order valence-electron chi connectivity index (χ0n) is 16.5. The molecule has 0 spiro atoms. The smallest absolute Gasteiger partial charge is 0.353 e. The number of thiophene rings is 1.